The Balaban J connectivity index is 1.47. The summed E-state index contributed by atoms with van der Waals surface area (Å²) in [5.41, 5.74) is 2.63. The third-order valence-corrected chi connectivity index (χ3v) is 10.4. The molecule has 0 N–H and O–H groups in total. The van der Waals surface area contributed by atoms with E-state index in [0.717, 1.165) is 35.8 Å². The standard InChI is InChI=1S/C35H46N2O6/c1-22(2)23(3)9-10-25(5)32-15-16-33-26(8-7-17-35(32,33)6)12-13-27-20-31(14-11-24(27)4)43-34(38)28-18-29(36(39)40)21-30(19-28)37(41)42/h9-10,12-13,18-19,21-23,25,31-33H,4,7-8,11,14-17,20H2,1-3,5-6H3/b10-9+,26-12+,27-13-/t23-,25+,31-,32+,33+,35-/m0/s1. The van der Waals surface area contributed by atoms with Crippen molar-refractivity contribution in [2.45, 2.75) is 92.1 Å². The fraction of sp³-hybridized carbons (Fsp3) is 0.571. The van der Waals surface area contributed by atoms with Crippen LogP contribution in [-0.4, -0.2) is 21.9 Å². The second-order valence-electron chi connectivity index (χ2n) is 13.5. The third kappa shape index (κ3) is 7.34. The first-order chi connectivity index (χ1) is 20.3. The summed E-state index contributed by atoms with van der Waals surface area (Å²) in [5.74, 6) is 2.21. The van der Waals surface area contributed by atoms with Gasteiger partial charge in [0.25, 0.3) is 11.4 Å². The molecule has 232 valence electrons. The van der Waals surface area contributed by atoms with E-state index in [9.17, 15) is 25.0 Å². The minimum atomic E-state index is -0.798. The minimum Gasteiger partial charge on any atom is -0.458 e. The van der Waals surface area contributed by atoms with E-state index in [4.69, 9.17) is 4.74 Å². The smallest absolute Gasteiger partial charge is 0.338 e. The molecule has 0 aromatic heterocycles. The number of nitrogens with zero attached hydrogens (tertiary/aromatic N) is 2. The summed E-state index contributed by atoms with van der Waals surface area (Å²) < 4.78 is 5.70. The highest BCUT2D eigenvalue weighted by Crippen LogP contribution is 2.59. The lowest BCUT2D eigenvalue weighted by atomic mass is 9.61. The molecule has 3 aliphatic carbocycles. The van der Waals surface area contributed by atoms with Crippen LogP contribution in [0, 0.1) is 55.2 Å². The molecule has 0 heterocycles. The fourth-order valence-electron chi connectivity index (χ4n) is 7.47. The Morgan fingerprint density at radius 3 is 2.30 bits per heavy atom. The minimum absolute atomic E-state index is 0.196. The Labute approximate surface area is 255 Å². The van der Waals surface area contributed by atoms with Crippen LogP contribution < -0.4 is 0 Å². The highest BCUT2D eigenvalue weighted by molar-refractivity contribution is 5.91. The van der Waals surface area contributed by atoms with Gasteiger partial charge in [-0.15, -0.1) is 0 Å². The molecule has 8 nitrogen and oxygen atoms in total. The first-order valence-electron chi connectivity index (χ1n) is 15.7. The number of rotatable bonds is 9. The number of nitro benzene ring substituents is 2. The quantitative estimate of drug-likeness (QED) is 0.123. The molecule has 0 unspecified atom stereocenters. The van der Waals surface area contributed by atoms with Gasteiger partial charge >= 0.3 is 5.97 Å². The Kier molecular flexibility index (Phi) is 10.1. The van der Waals surface area contributed by atoms with Crippen LogP contribution in [-0.2, 0) is 4.74 Å². The van der Waals surface area contributed by atoms with E-state index in [2.05, 4.69) is 65.5 Å². The summed E-state index contributed by atoms with van der Waals surface area (Å²) in [4.78, 5) is 33.9. The predicted octanol–water partition coefficient (Wildman–Crippen LogP) is 9.32. The lowest BCUT2D eigenvalue weighted by Gasteiger charge is -2.44. The second kappa shape index (κ2) is 13.4. The lowest BCUT2D eigenvalue weighted by Crippen LogP contribution is -2.35. The normalized spacial score (nSPS) is 29.2. The van der Waals surface area contributed by atoms with Gasteiger partial charge in [-0.3, -0.25) is 20.2 Å². The number of allylic oxidation sites excluding steroid dienone is 6. The average molecular weight is 591 g/mol. The van der Waals surface area contributed by atoms with Gasteiger partial charge in [0.2, 0.25) is 0 Å². The van der Waals surface area contributed by atoms with Crippen molar-refractivity contribution in [3.05, 3.63) is 91.6 Å². The van der Waals surface area contributed by atoms with Crippen LogP contribution in [0.4, 0.5) is 11.4 Å². The van der Waals surface area contributed by atoms with E-state index in [1.807, 2.05) is 0 Å². The number of hydrogen-bond donors (Lipinski definition) is 0. The van der Waals surface area contributed by atoms with Crippen molar-refractivity contribution in [1.29, 1.82) is 0 Å². The number of esters is 1. The van der Waals surface area contributed by atoms with Gasteiger partial charge in [0, 0.05) is 18.6 Å². The summed E-state index contributed by atoms with van der Waals surface area (Å²) in [6.07, 6.45) is 16.6. The van der Waals surface area contributed by atoms with E-state index in [1.165, 1.54) is 31.3 Å². The topological polar surface area (TPSA) is 113 Å². The summed E-state index contributed by atoms with van der Waals surface area (Å²) >= 11 is 0. The maximum absolute atomic E-state index is 12.9. The van der Waals surface area contributed by atoms with Crippen molar-refractivity contribution in [1.82, 2.24) is 0 Å². The number of benzene rings is 1. The molecule has 43 heavy (non-hydrogen) atoms. The molecule has 0 radical (unpaired) electrons. The number of carbonyl (C=O) groups excluding carboxylic acids is 1. The monoisotopic (exact) mass is 590 g/mol. The Bertz CT molecular complexity index is 1330. The molecule has 0 saturated heterocycles. The molecule has 1 aromatic rings. The molecule has 3 saturated carbocycles. The van der Waals surface area contributed by atoms with Crippen molar-refractivity contribution in [3.63, 3.8) is 0 Å². The zero-order valence-corrected chi connectivity index (χ0v) is 26.2. The fourth-order valence-corrected chi connectivity index (χ4v) is 7.47. The number of fused-ring (bicyclic) bond motifs is 1. The van der Waals surface area contributed by atoms with Crippen LogP contribution in [0.2, 0.25) is 0 Å². The maximum atomic E-state index is 12.9. The van der Waals surface area contributed by atoms with Crippen molar-refractivity contribution >= 4 is 17.3 Å². The summed E-state index contributed by atoms with van der Waals surface area (Å²) in [6, 6.07) is 2.88. The number of non-ortho nitro benzene ring substituents is 2. The van der Waals surface area contributed by atoms with E-state index in [-0.39, 0.29) is 11.0 Å². The molecule has 3 fully saturated rings. The van der Waals surface area contributed by atoms with Crippen LogP contribution in [0.25, 0.3) is 0 Å². The molecule has 4 rings (SSSR count). The first-order valence-corrected chi connectivity index (χ1v) is 15.7. The molecule has 0 aliphatic heterocycles. The molecular formula is C35H46N2O6. The van der Waals surface area contributed by atoms with E-state index in [1.54, 1.807) is 0 Å². The maximum Gasteiger partial charge on any atom is 0.338 e. The molecular weight excluding hydrogens is 544 g/mol. The Morgan fingerprint density at radius 1 is 1.00 bits per heavy atom. The zero-order valence-electron chi connectivity index (χ0n) is 26.2. The molecule has 0 spiro atoms. The Morgan fingerprint density at radius 2 is 1.67 bits per heavy atom. The lowest BCUT2D eigenvalue weighted by molar-refractivity contribution is -0.394. The van der Waals surface area contributed by atoms with Gasteiger partial charge in [0.1, 0.15) is 6.10 Å². The zero-order chi connectivity index (χ0) is 31.5. The molecule has 6 atom stereocenters. The summed E-state index contributed by atoms with van der Waals surface area (Å²) in [7, 11) is 0. The third-order valence-electron chi connectivity index (χ3n) is 10.4. The van der Waals surface area contributed by atoms with Crippen LogP contribution in [0.15, 0.2) is 65.8 Å². The largest absolute Gasteiger partial charge is 0.458 e. The van der Waals surface area contributed by atoms with Gasteiger partial charge in [-0.2, -0.15) is 0 Å². The molecule has 0 bridgehead atoms. The van der Waals surface area contributed by atoms with E-state index in [0.29, 0.717) is 48.9 Å². The van der Waals surface area contributed by atoms with Crippen molar-refractivity contribution in [2.75, 3.05) is 0 Å². The van der Waals surface area contributed by atoms with Gasteiger partial charge in [0.05, 0.1) is 21.5 Å². The van der Waals surface area contributed by atoms with Crippen molar-refractivity contribution < 1.29 is 19.4 Å². The van der Waals surface area contributed by atoms with Crippen LogP contribution in [0.3, 0.4) is 0 Å². The van der Waals surface area contributed by atoms with Gasteiger partial charge in [-0.1, -0.05) is 76.6 Å². The number of nitro groups is 2. The SMILES string of the molecule is C=C1CC[C@H](OC(=O)c2cc([N+](=O)[O-])cc([N+](=O)[O-])c2)C/C1=C/C=C1\CCC[C@]2(C)[C@@H]1CC[C@@H]2[C@H](C)/C=C/[C@H](C)C(C)C. The Hall–Kier alpha value is -3.55. The van der Waals surface area contributed by atoms with Gasteiger partial charge < -0.3 is 4.74 Å². The van der Waals surface area contributed by atoms with Crippen LogP contribution in [0.5, 0.6) is 0 Å². The van der Waals surface area contributed by atoms with Crippen LogP contribution >= 0.6 is 0 Å². The molecule has 0 amide bonds. The molecule has 8 heteroatoms. The van der Waals surface area contributed by atoms with Crippen molar-refractivity contribution in [2.24, 2.45) is 35.0 Å². The molecule has 1 aromatic carbocycles. The first kappa shape index (κ1) is 32.4. The van der Waals surface area contributed by atoms with E-state index < -0.39 is 33.3 Å². The number of carbonyl (C=O) groups is 1. The van der Waals surface area contributed by atoms with Gasteiger partial charge in [-0.05, 0) is 85.5 Å². The van der Waals surface area contributed by atoms with Gasteiger partial charge in [0.15, 0.2) is 0 Å². The number of hydrogen-bond acceptors (Lipinski definition) is 6. The van der Waals surface area contributed by atoms with Gasteiger partial charge in [-0.25, -0.2) is 4.79 Å². The number of ether oxygens (including phenoxy) is 1. The molecule has 3 aliphatic rings. The average Bonchev–Trinajstić information content (AvgIpc) is 3.33. The van der Waals surface area contributed by atoms with Crippen LogP contribution in [0.1, 0.15) is 96.3 Å². The highest BCUT2D eigenvalue weighted by atomic mass is 16.6. The second-order valence-corrected chi connectivity index (χ2v) is 13.5. The predicted molar refractivity (Wildman–Crippen MR) is 169 cm³/mol. The van der Waals surface area contributed by atoms with E-state index >= 15 is 0 Å². The summed E-state index contributed by atoms with van der Waals surface area (Å²) in [5, 5.41) is 22.5. The highest BCUT2D eigenvalue weighted by Gasteiger charge is 2.50. The van der Waals surface area contributed by atoms with Crippen molar-refractivity contribution in [3.8, 4) is 0 Å². The summed E-state index contributed by atoms with van der Waals surface area (Å²) in [6.45, 7) is 16.0.